The van der Waals surface area contributed by atoms with E-state index in [1.807, 2.05) is 11.8 Å². The molecule has 1 aromatic rings. The molecule has 0 aromatic heterocycles. The Hall–Kier alpha value is -0.470. The van der Waals surface area contributed by atoms with Gasteiger partial charge in [-0.15, -0.1) is 11.8 Å². The minimum Gasteiger partial charge on any atom is -0.317 e. The zero-order valence-electron chi connectivity index (χ0n) is 8.79. The van der Waals surface area contributed by atoms with Crippen molar-refractivity contribution in [2.75, 3.05) is 0 Å². The second-order valence-electron chi connectivity index (χ2n) is 4.39. The van der Waals surface area contributed by atoms with Crippen LogP contribution in [0, 0.1) is 0 Å². The number of hydrogen-bond donors (Lipinski definition) is 1. The summed E-state index contributed by atoms with van der Waals surface area (Å²) in [5.74, 6) is 0.613. The minimum absolute atomic E-state index is 0.0549. The van der Waals surface area contributed by atoms with Gasteiger partial charge in [0.05, 0.1) is 4.87 Å². The van der Waals surface area contributed by atoms with Gasteiger partial charge in [-0.1, -0.05) is 26.0 Å². The van der Waals surface area contributed by atoms with E-state index in [1.54, 1.807) is 0 Å². The fourth-order valence-corrected chi connectivity index (χ4v) is 2.43. The summed E-state index contributed by atoms with van der Waals surface area (Å²) in [6, 6.07) is 8.79. The van der Waals surface area contributed by atoms with Crippen LogP contribution < -0.4 is 5.73 Å². The monoisotopic (exact) mass is 207 g/mol. The van der Waals surface area contributed by atoms with Crippen molar-refractivity contribution in [3.8, 4) is 0 Å². The van der Waals surface area contributed by atoms with Crippen LogP contribution in [-0.2, 0) is 0 Å². The van der Waals surface area contributed by atoms with E-state index >= 15 is 0 Å². The molecule has 1 nitrogen and oxygen atoms in total. The number of thioether (sulfide) groups is 1. The highest BCUT2D eigenvalue weighted by atomic mass is 32.2. The molecule has 0 amide bonds. The highest BCUT2D eigenvalue weighted by Crippen LogP contribution is 2.46. The molecule has 2 rings (SSSR count). The van der Waals surface area contributed by atoms with Crippen molar-refractivity contribution in [2.45, 2.75) is 42.4 Å². The van der Waals surface area contributed by atoms with Crippen LogP contribution in [0.15, 0.2) is 29.2 Å². The van der Waals surface area contributed by atoms with Gasteiger partial charge in [0.2, 0.25) is 0 Å². The molecule has 2 N–H and O–H groups in total. The zero-order valence-corrected chi connectivity index (χ0v) is 9.60. The molecule has 0 radical (unpaired) electrons. The van der Waals surface area contributed by atoms with Crippen LogP contribution in [0.25, 0.3) is 0 Å². The number of rotatable bonds is 3. The molecular weight excluding hydrogens is 190 g/mol. The van der Waals surface area contributed by atoms with Gasteiger partial charge in [0.15, 0.2) is 0 Å². The van der Waals surface area contributed by atoms with Crippen LogP contribution >= 0.6 is 11.8 Å². The maximum Gasteiger partial charge on any atom is 0.0668 e. The summed E-state index contributed by atoms with van der Waals surface area (Å²) in [7, 11) is 0. The first-order valence-corrected chi connectivity index (χ1v) is 5.99. The Morgan fingerprint density at radius 2 is 1.79 bits per heavy atom. The molecular formula is C12H17NS. The van der Waals surface area contributed by atoms with Gasteiger partial charge in [-0.05, 0) is 36.5 Å². The lowest BCUT2D eigenvalue weighted by atomic mass is 10.0. The summed E-state index contributed by atoms with van der Waals surface area (Å²) in [4.78, 5) is 1.36. The summed E-state index contributed by atoms with van der Waals surface area (Å²) in [6.07, 6.45) is 2.31. The maximum atomic E-state index is 6.04. The molecule has 1 aromatic carbocycles. The van der Waals surface area contributed by atoms with Gasteiger partial charge >= 0.3 is 0 Å². The number of nitrogens with two attached hydrogens (primary N) is 1. The molecule has 0 unspecified atom stereocenters. The summed E-state index contributed by atoms with van der Waals surface area (Å²) in [5.41, 5.74) is 7.44. The molecule has 1 fully saturated rings. The Morgan fingerprint density at radius 1 is 1.21 bits per heavy atom. The van der Waals surface area contributed by atoms with Gasteiger partial charge in [-0.25, -0.2) is 0 Å². The van der Waals surface area contributed by atoms with Crippen molar-refractivity contribution < 1.29 is 0 Å². The van der Waals surface area contributed by atoms with Crippen molar-refractivity contribution in [1.82, 2.24) is 0 Å². The van der Waals surface area contributed by atoms with E-state index in [-0.39, 0.29) is 4.87 Å². The highest BCUT2D eigenvalue weighted by molar-refractivity contribution is 8.01. The van der Waals surface area contributed by atoms with Gasteiger partial charge in [0, 0.05) is 4.90 Å². The van der Waals surface area contributed by atoms with E-state index in [9.17, 15) is 0 Å². The third-order valence-corrected chi connectivity index (χ3v) is 3.93. The fourth-order valence-electron chi connectivity index (χ4n) is 1.38. The van der Waals surface area contributed by atoms with Crippen molar-refractivity contribution >= 4 is 11.8 Å². The number of hydrogen-bond acceptors (Lipinski definition) is 2. The highest BCUT2D eigenvalue weighted by Gasteiger charge is 2.39. The van der Waals surface area contributed by atoms with Crippen LogP contribution in [0.5, 0.6) is 0 Å². The summed E-state index contributed by atoms with van der Waals surface area (Å²) >= 11 is 1.81. The molecule has 0 atom stereocenters. The van der Waals surface area contributed by atoms with E-state index in [0.717, 1.165) is 12.8 Å². The van der Waals surface area contributed by atoms with Crippen LogP contribution in [0.2, 0.25) is 0 Å². The first-order chi connectivity index (χ1) is 6.59. The topological polar surface area (TPSA) is 26.0 Å². The Kier molecular flexibility index (Phi) is 2.58. The molecule has 14 heavy (non-hydrogen) atoms. The Labute approximate surface area is 90.1 Å². The Morgan fingerprint density at radius 3 is 2.21 bits per heavy atom. The van der Waals surface area contributed by atoms with Crippen LogP contribution in [0.4, 0.5) is 0 Å². The van der Waals surface area contributed by atoms with E-state index in [1.165, 1.54) is 10.5 Å². The molecule has 0 aliphatic heterocycles. The second-order valence-corrected chi connectivity index (χ2v) is 5.88. The molecule has 1 saturated carbocycles. The standard InChI is InChI=1S/C12H17NS/c1-9(2)10-3-5-11(6-4-10)14-12(13)7-8-12/h3-6,9H,7-8,13H2,1-2H3. The normalized spacial score (nSPS) is 18.6. The zero-order chi connectivity index (χ0) is 10.2. The first-order valence-electron chi connectivity index (χ1n) is 5.17. The maximum absolute atomic E-state index is 6.04. The molecule has 0 bridgehead atoms. The Balaban J connectivity index is 2.06. The first kappa shape index (κ1) is 10.1. The van der Waals surface area contributed by atoms with Gasteiger partial charge in [0.25, 0.3) is 0 Å². The molecule has 0 spiro atoms. The van der Waals surface area contributed by atoms with Gasteiger partial charge in [-0.2, -0.15) is 0 Å². The lowest BCUT2D eigenvalue weighted by Crippen LogP contribution is -2.15. The average Bonchev–Trinajstić information content (AvgIpc) is 2.84. The lowest BCUT2D eigenvalue weighted by molar-refractivity contribution is 0.864. The van der Waals surface area contributed by atoms with E-state index in [2.05, 4.69) is 38.1 Å². The summed E-state index contributed by atoms with van der Waals surface area (Å²) in [6.45, 7) is 4.43. The van der Waals surface area contributed by atoms with Gasteiger partial charge in [-0.3, -0.25) is 0 Å². The third-order valence-electron chi connectivity index (χ3n) is 2.61. The minimum atomic E-state index is 0.0549. The predicted molar refractivity (Wildman–Crippen MR) is 62.5 cm³/mol. The van der Waals surface area contributed by atoms with Crippen molar-refractivity contribution in [3.05, 3.63) is 29.8 Å². The second kappa shape index (κ2) is 3.59. The molecule has 0 saturated heterocycles. The van der Waals surface area contributed by atoms with Crippen LogP contribution in [0.1, 0.15) is 38.2 Å². The van der Waals surface area contributed by atoms with Crippen molar-refractivity contribution in [2.24, 2.45) is 5.73 Å². The van der Waals surface area contributed by atoms with Gasteiger partial charge < -0.3 is 5.73 Å². The summed E-state index contributed by atoms with van der Waals surface area (Å²) in [5, 5.41) is 0. The quantitative estimate of drug-likeness (QED) is 0.769. The Bertz CT molecular complexity index is 312. The van der Waals surface area contributed by atoms with E-state index in [0.29, 0.717) is 5.92 Å². The fraction of sp³-hybridized carbons (Fsp3) is 0.500. The molecule has 76 valence electrons. The van der Waals surface area contributed by atoms with Crippen LogP contribution in [-0.4, -0.2) is 4.87 Å². The molecule has 1 aliphatic rings. The molecule has 0 heterocycles. The number of benzene rings is 1. The molecule has 1 aliphatic carbocycles. The van der Waals surface area contributed by atoms with E-state index < -0.39 is 0 Å². The SMILES string of the molecule is CC(C)c1ccc(SC2(N)CC2)cc1. The smallest absolute Gasteiger partial charge is 0.0668 e. The third kappa shape index (κ3) is 2.31. The lowest BCUT2D eigenvalue weighted by Gasteiger charge is -2.10. The van der Waals surface area contributed by atoms with Gasteiger partial charge in [0.1, 0.15) is 0 Å². The average molecular weight is 207 g/mol. The van der Waals surface area contributed by atoms with Crippen molar-refractivity contribution in [1.29, 1.82) is 0 Å². The predicted octanol–water partition coefficient (Wildman–Crippen LogP) is 3.35. The largest absolute Gasteiger partial charge is 0.317 e. The van der Waals surface area contributed by atoms with Crippen LogP contribution in [0.3, 0.4) is 0 Å². The van der Waals surface area contributed by atoms with E-state index in [4.69, 9.17) is 5.73 Å². The molecule has 2 heteroatoms. The van der Waals surface area contributed by atoms with Crippen molar-refractivity contribution in [3.63, 3.8) is 0 Å². The summed E-state index contributed by atoms with van der Waals surface area (Å²) < 4.78 is 0.